The topological polar surface area (TPSA) is 80.5 Å². The van der Waals surface area contributed by atoms with Crippen molar-refractivity contribution in [1.82, 2.24) is 24.7 Å². The van der Waals surface area contributed by atoms with Gasteiger partial charge in [-0.05, 0) is 13.8 Å². The molecular formula is C11H16FN7. The van der Waals surface area contributed by atoms with Crippen LogP contribution in [0.15, 0.2) is 12.5 Å². The molecule has 0 radical (unpaired) electrons. The van der Waals surface area contributed by atoms with Crippen molar-refractivity contribution >= 4 is 11.8 Å². The molecule has 2 heterocycles. The molecule has 0 bridgehead atoms. The van der Waals surface area contributed by atoms with Gasteiger partial charge < -0.3 is 15.2 Å². The number of nitrogens with one attached hydrogen (secondary N) is 2. The molecule has 0 saturated carbocycles. The zero-order valence-corrected chi connectivity index (χ0v) is 10.9. The highest BCUT2D eigenvalue weighted by Gasteiger charge is 2.08. The third-order valence-corrected chi connectivity index (χ3v) is 2.53. The summed E-state index contributed by atoms with van der Waals surface area (Å²) in [5.41, 5.74) is 0. The molecule has 0 unspecified atom stereocenters. The van der Waals surface area contributed by atoms with Crippen LogP contribution in [0.5, 0.6) is 0 Å². The van der Waals surface area contributed by atoms with Gasteiger partial charge in [-0.2, -0.15) is 4.98 Å². The van der Waals surface area contributed by atoms with Crippen LogP contribution in [-0.4, -0.2) is 31.3 Å². The van der Waals surface area contributed by atoms with Crippen LogP contribution in [-0.2, 0) is 13.1 Å². The zero-order valence-electron chi connectivity index (χ0n) is 10.9. The molecule has 0 aliphatic rings. The predicted molar refractivity (Wildman–Crippen MR) is 69.2 cm³/mol. The molecule has 0 aliphatic carbocycles. The highest BCUT2D eigenvalue weighted by Crippen LogP contribution is 2.12. The minimum absolute atomic E-state index is 0.150. The van der Waals surface area contributed by atoms with E-state index >= 15 is 0 Å². The molecular weight excluding hydrogens is 249 g/mol. The van der Waals surface area contributed by atoms with Gasteiger partial charge in [0.2, 0.25) is 5.95 Å². The molecule has 0 saturated heterocycles. The second-order valence-electron chi connectivity index (χ2n) is 3.81. The number of hydrogen-bond donors (Lipinski definition) is 2. The molecule has 2 N–H and O–H groups in total. The molecule has 0 spiro atoms. The van der Waals surface area contributed by atoms with E-state index in [0.717, 1.165) is 18.6 Å². The van der Waals surface area contributed by atoms with Gasteiger partial charge in [0.05, 0.1) is 12.7 Å². The van der Waals surface area contributed by atoms with E-state index in [1.54, 1.807) is 6.33 Å². The average molecular weight is 265 g/mol. The van der Waals surface area contributed by atoms with Gasteiger partial charge in [0, 0.05) is 13.1 Å². The Balaban J connectivity index is 2.08. The lowest BCUT2D eigenvalue weighted by Crippen LogP contribution is -2.11. The first-order valence-electron chi connectivity index (χ1n) is 6.11. The average Bonchev–Trinajstić information content (AvgIpc) is 2.87. The second-order valence-corrected chi connectivity index (χ2v) is 3.81. The number of anilines is 2. The molecule has 2 aromatic rings. The van der Waals surface area contributed by atoms with E-state index in [9.17, 15) is 4.39 Å². The molecule has 0 atom stereocenters. The van der Waals surface area contributed by atoms with Crippen LogP contribution in [0.25, 0.3) is 0 Å². The van der Waals surface area contributed by atoms with E-state index in [1.165, 1.54) is 0 Å². The Morgan fingerprint density at radius 3 is 2.89 bits per heavy atom. The number of hydrogen-bond acceptors (Lipinski definition) is 6. The standard InChI is InChI=1S/C11H16FN7/c1-3-13-11-15-5-8(12)10(17-11)14-6-9-18-16-7-19(9)4-2/h5,7H,3-4,6H2,1-2H3,(H2,13,14,15,17). The molecule has 0 fully saturated rings. The van der Waals surface area contributed by atoms with Crippen molar-refractivity contribution in [3.05, 3.63) is 24.2 Å². The van der Waals surface area contributed by atoms with Crippen LogP contribution in [0.2, 0.25) is 0 Å². The van der Waals surface area contributed by atoms with Gasteiger partial charge >= 0.3 is 0 Å². The fourth-order valence-electron chi connectivity index (χ4n) is 1.58. The highest BCUT2D eigenvalue weighted by molar-refractivity contribution is 5.41. The SMILES string of the molecule is CCNc1ncc(F)c(NCc2nncn2CC)n1. The highest BCUT2D eigenvalue weighted by atomic mass is 19.1. The summed E-state index contributed by atoms with van der Waals surface area (Å²) >= 11 is 0. The maximum atomic E-state index is 13.6. The van der Waals surface area contributed by atoms with Crippen molar-refractivity contribution < 1.29 is 4.39 Å². The summed E-state index contributed by atoms with van der Waals surface area (Å²) in [4.78, 5) is 7.89. The van der Waals surface area contributed by atoms with Crippen LogP contribution in [0.4, 0.5) is 16.2 Å². The lowest BCUT2D eigenvalue weighted by molar-refractivity contribution is 0.615. The Morgan fingerprint density at radius 2 is 2.16 bits per heavy atom. The zero-order chi connectivity index (χ0) is 13.7. The monoisotopic (exact) mass is 265 g/mol. The minimum Gasteiger partial charge on any atom is -0.360 e. The van der Waals surface area contributed by atoms with E-state index in [1.807, 2.05) is 18.4 Å². The third kappa shape index (κ3) is 3.15. The maximum Gasteiger partial charge on any atom is 0.224 e. The van der Waals surface area contributed by atoms with E-state index < -0.39 is 5.82 Å². The summed E-state index contributed by atoms with van der Waals surface area (Å²) in [5.74, 6) is 0.773. The van der Waals surface area contributed by atoms with Crippen molar-refractivity contribution in [2.75, 3.05) is 17.2 Å². The summed E-state index contributed by atoms with van der Waals surface area (Å²) in [5, 5.41) is 13.6. The molecule has 0 aliphatic heterocycles. The fraction of sp³-hybridized carbons (Fsp3) is 0.455. The summed E-state index contributed by atoms with van der Waals surface area (Å²) in [6.07, 6.45) is 2.77. The Bertz CT molecular complexity index is 540. The van der Waals surface area contributed by atoms with Crippen molar-refractivity contribution in [3.8, 4) is 0 Å². The van der Waals surface area contributed by atoms with Gasteiger partial charge in [-0.3, -0.25) is 0 Å². The molecule has 102 valence electrons. The molecule has 0 amide bonds. The number of nitrogens with zero attached hydrogens (tertiary/aromatic N) is 5. The number of aromatic nitrogens is 5. The van der Waals surface area contributed by atoms with E-state index in [4.69, 9.17) is 0 Å². The Morgan fingerprint density at radius 1 is 1.32 bits per heavy atom. The lowest BCUT2D eigenvalue weighted by Gasteiger charge is -2.08. The Hall–Kier alpha value is -2.25. The van der Waals surface area contributed by atoms with Crippen LogP contribution < -0.4 is 10.6 Å². The minimum atomic E-state index is -0.496. The normalized spacial score (nSPS) is 10.5. The maximum absolute atomic E-state index is 13.6. The summed E-state index contributed by atoms with van der Waals surface area (Å²) in [6, 6.07) is 0. The smallest absolute Gasteiger partial charge is 0.224 e. The Labute approximate surface area is 110 Å². The van der Waals surface area contributed by atoms with Gasteiger partial charge in [-0.25, -0.2) is 9.37 Å². The van der Waals surface area contributed by atoms with E-state index in [-0.39, 0.29) is 5.82 Å². The quantitative estimate of drug-likeness (QED) is 0.818. The van der Waals surface area contributed by atoms with Gasteiger partial charge in [-0.1, -0.05) is 0 Å². The molecule has 19 heavy (non-hydrogen) atoms. The fourth-order valence-corrected chi connectivity index (χ4v) is 1.58. The molecule has 8 heteroatoms. The molecule has 0 aromatic carbocycles. The summed E-state index contributed by atoms with van der Waals surface area (Å²) in [7, 11) is 0. The number of halogens is 1. The van der Waals surface area contributed by atoms with Crippen molar-refractivity contribution in [1.29, 1.82) is 0 Å². The number of aryl methyl sites for hydroxylation is 1. The van der Waals surface area contributed by atoms with Crippen LogP contribution in [0.3, 0.4) is 0 Å². The summed E-state index contributed by atoms with van der Waals surface area (Å²) in [6.45, 7) is 5.70. The molecule has 2 rings (SSSR count). The number of rotatable bonds is 6. The molecule has 7 nitrogen and oxygen atoms in total. The first-order valence-corrected chi connectivity index (χ1v) is 6.11. The first-order chi connectivity index (χ1) is 9.24. The first kappa shape index (κ1) is 13.2. The summed E-state index contributed by atoms with van der Waals surface area (Å²) < 4.78 is 15.4. The van der Waals surface area contributed by atoms with Gasteiger partial charge in [0.1, 0.15) is 6.33 Å². The third-order valence-electron chi connectivity index (χ3n) is 2.53. The lowest BCUT2D eigenvalue weighted by atomic mass is 10.5. The van der Waals surface area contributed by atoms with E-state index in [2.05, 4.69) is 30.8 Å². The van der Waals surface area contributed by atoms with Crippen LogP contribution in [0, 0.1) is 5.82 Å². The predicted octanol–water partition coefficient (Wildman–Crippen LogP) is 1.27. The largest absolute Gasteiger partial charge is 0.360 e. The van der Waals surface area contributed by atoms with Crippen molar-refractivity contribution in [2.45, 2.75) is 26.9 Å². The van der Waals surface area contributed by atoms with Gasteiger partial charge in [0.15, 0.2) is 17.5 Å². The van der Waals surface area contributed by atoms with Crippen LogP contribution in [0.1, 0.15) is 19.7 Å². The molecule has 2 aromatic heterocycles. The van der Waals surface area contributed by atoms with Gasteiger partial charge in [-0.15, -0.1) is 10.2 Å². The second kappa shape index (κ2) is 6.07. The van der Waals surface area contributed by atoms with Crippen LogP contribution >= 0.6 is 0 Å². The van der Waals surface area contributed by atoms with Gasteiger partial charge in [0.25, 0.3) is 0 Å². The Kier molecular flexibility index (Phi) is 4.22. The van der Waals surface area contributed by atoms with Crippen molar-refractivity contribution in [2.24, 2.45) is 0 Å². The van der Waals surface area contributed by atoms with E-state index in [0.29, 0.717) is 19.0 Å². The van der Waals surface area contributed by atoms with Crippen molar-refractivity contribution in [3.63, 3.8) is 0 Å².